The van der Waals surface area contributed by atoms with Gasteiger partial charge in [0.1, 0.15) is 0 Å². The van der Waals surface area contributed by atoms with Crippen LogP contribution >= 0.6 is 11.8 Å². The second-order valence-corrected chi connectivity index (χ2v) is 8.39. The number of aryl methyl sites for hydroxylation is 1. The first kappa shape index (κ1) is 19.5. The van der Waals surface area contributed by atoms with Crippen molar-refractivity contribution < 1.29 is 19.1 Å². The van der Waals surface area contributed by atoms with Crippen molar-refractivity contribution in [1.82, 2.24) is 0 Å². The number of hydrogen-bond acceptors (Lipinski definition) is 5. The second-order valence-electron chi connectivity index (χ2n) is 7.15. The van der Waals surface area contributed by atoms with Crippen LogP contribution in [0.15, 0.2) is 53.4 Å². The molecule has 0 saturated heterocycles. The summed E-state index contributed by atoms with van der Waals surface area (Å²) in [7, 11) is 0. The van der Waals surface area contributed by atoms with Gasteiger partial charge < -0.3 is 15.0 Å². The lowest BCUT2D eigenvalue weighted by Gasteiger charge is -2.31. The molecule has 2 atom stereocenters. The summed E-state index contributed by atoms with van der Waals surface area (Å²) in [5.41, 5.74) is 2.75. The molecule has 0 unspecified atom stereocenters. The third-order valence-corrected chi connectivity index (χ3v) is 6.37. The highest BCUT2D eigenvalue weighted by Gasteiger charge is 2.32. The molecule has 2 heterocycles. The molecule has 150 valence electrons. The Labute approximate surface area is 173 Å². The molecule has 2 aliphatic heterocycles. The van der Waals surface area contributed by atoms with Crippen LogP contribution in [0.4, 0.5) is 11.4 Å². The molecule has 0 aliphatic carbocycles. The summed E-state index contributed by atoms with van der Waals surface area (Å²) in [5, 5.41) is 2.24. The standard InChI is InChI=1S/C22H22N2O4S/c1-14(22(27)24-12-6-8-15-7-2-4-10-17(15)24)28-20(25)13-19-21(26)23-16-9-3-5-11-18(16)29-19/h2-5,7,9-11,14,19H,6,8,12-13H2,1H3,(H,23,26)/t14-,19-/m0/s1. The Kier molecular flexibility index (Phi) is 5.58. The number of nitrogens with one attached hydrogen (secondary N) is 1. The number of amides is 2. The SMILES string of the molecule is C[C@H](OC(=O)C[C@@H]1Sc2ccccc2NC1=O)C(=O)N1CCCc2ccccc21. The summed E-state index contributed by atoms with van der Waals surface area (Å²) >= 11 is 1.34. The minimum atomic E-state index is -0.905. The van der Waals surface area contributed by atoms with E-state index >= 15 is 0 Å². The number of benzene rings is 2. The lowest BCUT2D eigenvalue weighted by atomic mass is 10.0. The molecule has 29 heavy (non-hydrogen) atoms. The van der Waals surface area contributed by atoms with E-state index < -0.39 is 17.3 Å². The van der Waals surface area contributed by atoms with Gasteiger partial charge in [-0.25, -0.2) is 0 Å². The quantitative estimate of drug-likeness (QED) is 0.782. The first-order chi connectivity index (χ1) is 14.0. The monoisotopic (exact) mass is 410 g/mol. The van der Waals surface area contributed by atoms with Gasteiger partial charge in [0.05, 0.1) is 17.4 Å². The number of carbonyl (C=O) groups excluding carboxylic acids is 3. The van der Waals surface area contributed by atoms with Gasteiger partial charge in [-0.1, -0.05) is 30.3 Å². The smallest absolute Gasteiger partial charge is 0.308 e. The molecule has 0 saturated carbocycles. The Morgan fingerprint density at radius 1 is 1.21 bits per heavy atom. The lowest BCUT2D eigenvalue weighted by molar-refractivity contribution is -0.154. The summed E-state index contributed by atoms with van der Waals surface area (Å²) in [6, 6.07) is 15.3. The fraction of sp³-hybridized carbons (Fsp3) is 0.318. The van der Waals surface area contributed by atoms with Gasteiger partial charge in [-0.15, -0.1) is 11.8 Å². The van der Waals surface area contributed by atoms with Crippen LogP contribution in [-0.4, -0.2) is 35.7 Å². The number of rotatable bonds is 4. The Morgan fingerprint density at radius 2 is 1.97 bits per heavy atom. The number of thioether (sulfide) groups is 1. The van der Waals surface area contributed by atoms with Crippen LogP contribution in [0, 0.1) is 0 Å². The van der Waals surface area contributed by atoms with Crippen LogP contribution in [-0.2, 0) is 25.5 Å². The van der Waals surface area contributed by atoms with Crippen molar-refractivity contribution in [3.05, 3.63) is 54.1 Å². The normalized spacial score (nSPS) is 18.9. The van der Waals surface area contributed by atoms with E-state index in [-0.39, 0.29) is 18.2 Å². The minimum absolute atomic E-state index is 0.0843. The van der Waals surface area contributed by atoms with E-state index in [4.69, 9.17) is 4.74 Å². The average molecular weight is 410 g/mol. The number of nitrogens with zero attached hydrogens (tertiary/aromatic N) is 1. The van der Waals surface area contributed by atoms with Gasteiger partial charge in [0.15, 0.2) is 6.10 Å². The minimum Gasteiger partial charge on any atom is -0.452 e. The van der Waals surface area contributed by atoms with Gasteiger partial charge in [-0.2, -0.15) is 0 Å². The number of fused-ring (bicyclic) bond motifs is 2. The van der Waals surface area contributed by atoms with E-state index in [9.17, 15) is 14.4 Å². The summed E-state index contributed by atoms with van der Waals surface area (Å²) in [6.07, 6.45) is 0.822. The van der Waals surface area contributed by atoms with Crippen molar-refractivity contribution in [3.8, 4) is 0 Å². The number of ether oxygens (including phenoxy) is 1. The molecule has 0 radical (unpaired) electrons. The van der Waals surface area contributed by atoms with Gasteiger partial charge in [0.2, 0.25) is 5.91 Å². The van der Waals surface area contributed by atoms with Crippen LogP contribution in [0.2, 0.25) is 0 Å². The van der Waals surface area contributed by atoms with E-state index in [1.54, 1.807) is 11.8 Å². The molecule has 2 amide bonds. The summed E-state index contributed by atoms with van der Waals surface area (Å²) in [6.45, 7) is 2.19. The largest absolute Gasteiger partial charge is 0.452 e. The van der Waals surface area contributed by atoms with E-state index in [0.717, 1.165) is 34.7 Å². The lowest BCUT2D eigenvalue weighted by Crippen LogP contribution is -2.43. The van der Waals surface area contributed by atoms with Gasteiger partial charge in [-0.05, 0) is 43.5 Å². The van der Waals surface area contributed by atoms with E-state index in [2.05, 4.69) is 5.32 Å². The first-order valence-corrected chi connectivity index (χ1v) is 10.6. The van der Waals surface area contributed by atoms with Crippen molar-refractivity contribution >= 4 is 40.9 Å². The molecule has 1 N–H and O–H groups in total. The molecular formula is C22H22N2O4S. The van der Waals surface area contributed by atoms with E-state index in [0.29, 0.717) is 6.54 Å². The predicted molar refractivity (Wildman–Crippen MR) is 112 cm³/mol. The van der Waals surface area contributed by atoms with Crippen LogP contribution in [0.1, 0.15) is 25.3 Å². The first-order valence-electron chi connectivity index (χ1n) is 9.68. The Bertz CT molecular complexity index is 961. The zero-order valence-corrected chi connectivity index (χ0v) is 16.9. The van der Waals surface area contributed by atoms with Crippen molar-refractivity contribution in [2.45, 2.75) is 42.4 Å². The van der Waals surface area contributed by atoms with Crippen molar-refractivity contribution in [1.29, 1.82) is 0 Å². The number of hydrogen-bond donors (Lipinski definition) is 1. The summed E-state index contributed by atoms with van der Waals surface area (Å²) in [4.78, 5) is 40.2. The highest BCUT2D eigenvalue weighted by molar-refractivity contribution is 8.01. The van der Waals surface area contributed by atoms with Crippen LogP contribution in [0.5, 0.6) is 0 Å². The Hall–Kier alpha value is -2.80. The molecule has 2 aromatic rings. The molecule has 0 spiro atoms. The summed E-state index contributed by atoms with van der Waals surface area (Å²) in [5.74, 6) is -1.02. The molecule has 4 rings (SSSR count). The topological polar surface area (TPSA) is 75.7 Å². The van der Waals surface area contributed by atoms with Gasteiger partial charge in [0.25, 0.3) is 5.91 Å². The third kappa shape index (κ3) is 4.15. The van der Waals surface area contributed by atoms with Gasteiger partial charge in [0, 0.05) is 17.1 Å². The number of carbonyl (C=O) groups is 3. The predicted octanol–water partition coefficient (Wildman–Crippen LogP) is 3.40. The maximum Gasteiger partial charge on any atom is 0.308 e. The third-order valence-electron chi connectivity index (χ3n) is 5.09. The van der Waals surface area contributed by atoms with Crippen molar-refractivity contribution in [2.75, 3.05) is 16.8 Å². The molecule has 0 aromatic heterocycles. The van der Waals surface area contributed by atoms with Gasteiger partial charge in [-0.3, -0.25) is 14.4 Å². The van der Waals surface area contributed by atoms with E-state index in [1.807, 2.05) is 48.5 Å². The van der Waals surface area contributed by atoms with Crippen LogP contribution in [0.3, 0.4) is 0 Å². The molecule has 6 nitrogen and oxygen atoms in total. The maximum atomic E-state index is 12.9. The van der Waals surface area contributed by atoms with Crippen molar-refractivity contribution in [3.63, 3.8) is 0 Å². The fourth-order valence-electron chi connectivity index (χ4n) is 3.66. The second kappa shape index (κ2) is 8.29. The maximum absolute atomic E-state index is 12.9. The summed E-state index contributed by atoms with van der Waals surface area (Å²) < 4.78 is 5.40. The Morgan fingerprint density at radius 3 is 2.83 bits per heavy atom. The highest BCUT2D eigenvalue weighted by atomic mass is 32.2. The zero-order valence-electron chi connectivity index (χ0n) is 16.1. The zero-order chi connectivity index (χ0) is 20.4. The molecule has 0 bridgehead atoms. The molecular weight excluding hydrogens is 388 g/mol. The van der Waals surface area contributed by atoms with E-state index in [1.165, 1.54) is 11.8 Å². The fourth-order valence-corrected chi connectivity index (χ4v) is 4.75. The molecule has 2 aromatic carbocycles. The Balaban J connectivity index is 1.38. The van der Waals surface area contributed by atoms with Crippen LogP contribution < -0.4 is 10.2 Å². The van der Waals surface area contributed by atoms with Crippen molar-refractivity contribution in [2.24, 2.45) is 0 Å². The molecule has 0 fully saturated rings. The van der Waals surface area contributed by atoms with Gasteiger partial charge >= 0.3 is 5.97 Å². The number of esters is 1. The number of anilines is 2. The van der Waals surface area contributed by atoms with Crippen LogP contribution in [0.25, 0.3) is 0 Å². The highest BCUT2D eigenvalue weighted by Crippen LogP contribution is 2.36. The molecule has 2 aliphatic rings. The average Bonchev–Trinajstić information content (AvgIpc) is 2.73. The molecule has 7 heteroatoms. The number of para-hydroxylation sites is 2.